The van der Waals surface area contributed by atoms with Crippen LogP contribution in [-0.4, -0.2) is 48.9 Å². The van der Waals surface area contributed by atoms with Gasteiger partial charge in [0.05, 0.1) is 10.5 Å². The number of benzene rings is 2. The molecule has 0 N–H and O–H groups in total. The Morgan fingerprint density at radius 3 is 2.21 bits per heavy atom. The minimum atomic E-state index is -4.62. The van der Waals surface area contributed by atoms with Crippen molar-refractivity contribution < 1.29 is 31.1 Å². The van der Waals surface area contributed by atoms with Crippen LogP contribution in [0.1, 0.15) is 36.8 Å². The number of ether oxygens (including phenoxy) is 1. The largest absolute Gasteiger partial charge is 0.445 e. The molecule has 1 heterocycles. The summed E-state index contributed by atoms with van der Waals surface area (Å²) in [5, 5.41) is 0. The predicted octanol–water partition coefficient (Wildman–Crippen LogP) is 4.66. The number of carbonyl (C=O) groups excluding carboxylic acids is 1. The van der Waals surface area contributed by atoms with Gasteiger partial charge in [0.1, 0.15) is 6.61 Å². The quantitative estimate of drug-likeness (QED) is 0.601. The van der Waals surface area contributed by atoms with Crippen LogP contribution in [0.5, 0.6) is 0 Å². The minimum absolute atomic E-state index is 0.151. The summed E-state index contributed by atoms with van der Waals surface area (Å²) in [5.74, 6) is 0. The summed E-state index contributed by atoms with van der Waals surface area (Å²) in [6.07, 6.45) is -2.93. The maximum Gasteiger partial charge on any atom is 0.416 e. The smallest absolute Gasteiger partial charge is 0.416 e. The van der Waals surface area contributed by atoms with Crippen LogP contribution in [0.15, 0.2) is 59.5 Å². The van der Waals surface area contributed by atoms with Crippen LogP contribution in [0.4, 0.5) is 18.0 Å². The highest BCUT2D eigenvalue weighted by molar-refractivity contribution is 7.89. The van der Waals surface area contributed by atoms with Crippen molar-refractivity contribution in [2.45, 2.75) is 55.4 Å². The van der Waals surface area contributed by atoms with E-state index < -0.39 is 27.9 Å². The molecule has 10 heteroatoms. The zero-order chi connectivity index (χ0) is 23.6. The number of likely N-dealkylation sites (tertiary alicyclic amines) is 1. The summed E-state index contributed by atoms with van der Waals surface area (Å²) in [5.41, 5.74) is -0.122. The van der Waals surface area contributed by atoms with Gasteiger partial charge in [-0.25, -0.2) is 13.2 Å². The van der Waals surface area contributed by atoms with E-state index in [1.807, 2.05) is 30.3 Å². The molecule has 0 unspecified atom stereocenters. The Balaban J connectivity index is 1.42. The van der Waals surface area contributed by atoms with Gasteiger partial charge >= 0.3 is 12.3 Å². The first-order valence-electron chi connectivity index (χ1n) is 10.8. The number of amides is 1. The van der Waals surface area contributed by atoms with Crippen LogP contribution in [0.25, 0.3) is 0 Å². The average molecular weight is 483 g/mol. The van der Waals surface area contributed by atoms with E-state index in [1.165, 1.54) is 10.4 Å². The molecule has 0 bridgehead atoms. The number of halogens is 3. The second-order valence-electron chi connectivity index (χ2n) is 8.35. The van der Waals surface area contributed by atoms with Gasteiger partial charge in [-0.05, 0) is 49.4 Å². The lowest BCUT2D eigenvalue weighted by atomic mass is 10.1. The molecule has 0 atom stereocenters. The molecule has 0 spiro atoms. The summed E-state index contributed by atoms with van der Waals surface area (Å²) < 4.78 is 72.7. The maximum atomic E-state index is 13.3. The first kappa shape index (κ1) is 23.6. The van der Waals surface area contributed by atoms with E-state index in [-0.39, 0.29) is 23.6 Å². The molecule has 2 fully saturated rings. The maximum absolute atomic E-state index is 13.3. The summed E-state index contributed by atoms with van der Waals surface area (Å²) in [6.45, 7) is 0.789. The van der Waals surface area contributed by atoms with Crippen molar-refractivity contribution in [2.24, 2.45) is 0 Å². The molecule has 1 aliphatic heterocycles. The second kappa shape index (κ2) is 9.34. The Kier molecular flexibility index (Phi) is 6.67. The average Bonchev–Trinajstić information content (AvgIpc) is 3.63. The first-order valence-corrected chi connectivity index (χ1v) is 12.3. The Morgan fingerprint density at radius 1 is 0.970 bits per heavy atom. The van der Waals surface area contributed by atoms with E-state index in [9.17, 15) is 26.4 Å². The normalized spacial score (nSPS) is 17.9. The van der Waals surface area contributed by atoms with Gasteiger partial charge in [-0.2, -0.15) is 17.5 Å². The summed E-state index contributed by atoms with van der Waals surface area (Å²) in [4.78, 5) is 13.6. The van der Waals surface area contributed by atoms with Crippen molar-refractivity contribution in [2.75, 3.05) is 13.1 Å². The van der Waals surface area contributed by atoms with Crippen molar-refractivity contribution in [3.05, 3.63) is 65.7 Å². The second-order valence-corrected chi connectivity index (χ2v) is 10.2. The van der Waals surface area contributed by atoms with Crippen LogP contribution in [-0.2, 0) is 27.5 Å². The molecule has 1 saturated heterocycles. The minimum Gasteiger partial charge on any atom is -0.445 e. The number of rotatable bonds is 6. The van der Waals surface area contributed by atoms with Gasteiger partial charge in [0.15, 0.2) is 0 Å². The van der Waals surface area contributed by atoms with Crippen LogP contribution >= 0.6 is 0 Å². The van der Waals surface area contributed by atoms with E-state index in [2.05, 4.69) is 0 Å². The molecule has 6 nitrogen and oxygen atoms in total. The number of nitrogens with zero attached hydrogens (tertiary/aromatic N) is 2. The third-order valence-electron chi connectivity index (χ3n) is 5.93. The van der Waals surface area contributed by atoms with E-state index in [0.29, 0.717) is 44.8 Å². The van der Waals surface area contributed by atoms with Crippen LogP contribution < -0.4 is 0 Å². The van der Waals surface area contributed by atoms with Gasteiger partial charge in [-0.3, -0.25) is 0 Å². The van der Waals surface area contributed by atoms with Gasteiger partial charge in [0.2, 0.25) is 10.0 Å². The molecule has 0 radical (unpaired) electrons. The molecule has 2 aromatic carbocycles. The lowest BCUT2D eigenvalue weighted by molar-refractivity contribution is -0.137. The fourth-order valence-electron chi connectivity index (χ4n) is 4.09. The van der Waals surface area contributed by atoms with Crippen LogP contribution in [0.2, 0.25) is 0 Å². The van der Waals surface area contributed by atoms with Gasteiger partial charge in [-0.1, -0.05) is 36.4 Å². The zero-order valence-electron chi connectivity index (χ0n) is 17.9. The predicted molar refractivity (Wildman–Crippen MR) is 115 cm³/mol. The highest BCUT2D eigenvalue weighted by Crippen LogP contribution is 2.38. The molecule has 33 heavy (non-hydrogen) atoms. The Bertz CT molecular complexity index is 1080. The third kappa shape index (κ3) is 5.50. The molecule has 2 aromatic rings. The van der Waals surface area contributed by atoms with Gasteiger partial charge in [0.25, 0.3) is 0 Å². The molecule has 1 amide bonds. The fourth-order valence-corrected chi connectivity index (χ4v) is 6.06. The Labute approximate surface area is 191 Å². The standard InChI is InChI=1S/C23H25F3N2O4S/c24-23(25,26)18-7-4-8-21(15-18)33(30,31)28(19-9-10-19)20-11-13-27(14-12-20)22(29)32-16-17-5-2-1-3-6-17/h1-8,15,19-20H,9-14,16H2. The summed E-state index contributed by atoms with van der Waals surface area (Å²) in [7, 11) is -4.11. The van der Waals surface area contributed by atoms with Crippen molar-refractivity contribution in [3.63, 3.8) is 0 Å². The van der Waals surface area contributed by atoms with Gasteiger partial charge < -0.3 is 9.64 Å². The molecule has 0 aromatic heterocycles. The number of piperidine rings is 1. The van der Waals surface area contributed by atoms with Gasteiger partial charge in [-0.15, -0.1) is 0 Å². The highest BCUT2D eigenvalue weighted by atomic mass is 32.2. The molecule has 1 saturated carbocycles. The fraction of sp³-hybridized carbons (Fsp3) is 0.435. The summed E-state index contributed by atoms with van der Waals surface area (Å²) in [6, 6.07) is 12.6. The van der Waals surface area contributed by atoms with Crippen molar-refractivity contribution in [1.82, 2.24) is 9.21 Å². The molecule has 1 aliphatic carbocycles. The zero-order valence-corrected chi connectivity index (χ0v) is 18.7. The SMILES string of the molecule is O=C(OCc1ccccc1)N1CCC(N(C2CC2)S(=O)(=O)c2cccc(C(F)(F)F)c2)CC1. The molecule has 178 valence electrons. The Morgan fingerprint density at radius 2 is 1.61 bits per heavy atom. The van der Waals surface area contributed by atoms with E-state index in [0.717, 1.165) is 17.7 Å². The lowest BCUT2D eigenvalue weighted by Crippen LogP contribution is -2.49. The van der Waals surface area contributed by atoms with E-state index in [4.69, 9.17) is 4.74 Å². The van der Waals surface area contributed by atoms with E-state index in [1.54, 1.807) is 4.90 Å². The first-order chi connectivity index (χ1) is 15.7. The number of hydrogen-bond acceptors (Lipinski definition) is 4. The monoisotopic (exact) mass is 482 g/mol. The lowest BCUT2D eigenvalue weighted by Gasteiger charge is -2.37. The van der Waals surface area contributed by atoms with Crippen LogP contribution in [0, 0.1) is 0 Å². The number of hydrogen-bond donors (Lipinski definition) is 0. The Hall–Kier alpha value is -2.59. The molecular formula is C23H25F3N2O4S. The number of carbonyl (C=O) groups is 1. The van der Waals surface area contributed by atoms with Crippen molar-refractivity contribution in [3.8, 4) is 0 Å². The van der Waals surface area contributed by atoms with Crippen molar-refractivity contribution >= 4 is 16.1 Å². The van der Waals surface area contributed by atoms with Gasteiger partial charge in [0, 0.05) is 25.2 Å². The van der Waals surface area contributed by atoms with Crippen LogP contribution in [0.3, 0.4) is 0 Å². The molecule has 2 aliphatic rings. The number of sulfonamides is 1. The third-order valence-corrected chi connectivity index (χ3v) is 7.93. The summed E-state index contributed by atoms with van der Waals surface area (Å²) >= 11 is 0. The van der Waals surface area contributed by atoms with E-state index >= 15 is 0 Å². The topological polar surface area (TPSA) is 66.9 Å². The molecular weight excluding hydrogens is 457 g/mol. The molecule has 4 rings (SSSR count). The number of alkyl halides is 3. The highest BCUT2D eigenvalue weighted by Gasteiger charge is 2.44. The van der Waals surface area contributed by atoms with Crippen molar-refractivity contribution in [1.29, 1.82) is 0 Å².